The Morgan fingerprint density at radius 3 is 2.59 bits per heavy atom. The smallest absolute Gasteiger partial charge is 0.215 e. The molecular weight excluding hydrogens is 242 g/mol. The molecule has 0 radical (unpaired) electrons. The predicted octanol–water partition coefficient (Wildman–Crippen LogP) is 0.393. The lowest BCUT2D eigenvalue weighted by molar-refractivity contribution is 0.413. The number of aromatic nitrogens is 1. The van der Waals surface area contributed by atoms with E-state index in [1.807, 2.05) is 0 Å². The highest BCUT2D eigenvalue weighted by atomic mass is 32.2. The number of methoxy groups -OCH3 is 1. The highest BCUT2D eigenvalue weighted by Gasteiger charge is 2.12. The third-order valence-corrected chi connectivity index (χ3v) is 4.03. The van der Waals surface area contributed by atoms with E-state index in [0.29, 0.717) is 18.1 Å². The van der Waals surface area contributed by atoms with Gasteiger partial charge in [-0.15, -0.1) is 0 Å². The molecule has 1 aromatic heterocycles. The first-order valence-electron chi connectivity index (χ1n) is 5.10. The SMILES string of the molecule is COc1ccc(NCCS(=O)(=O)N(C)C)nc1. The van der Waals surface area contributed by atoms with Crippen molar-refractivity contribution in [3.63, 3.8) is 0 Å². The van der Waals surface area contributed by atoms with Gasteiger partial charge in [-0.25, -0.2) is 17.7 Å². The van der Waals surface area contributed by atoms with Gasteiger partial charge in [-0.05, 0) is 12.1 Å². The molecule has 0 aliphatic heterocycles. The zero-order valence-corrected chi connectivity index (χ0v) is 11.0. The number of nitrogens with one attached hydrogen (secondary N) is 1. The summed E-state index contributed by atoms with van der Waals surface area (Å²) in [6.07, 6.45) is 1.57. The number of anilines is 1. The van der Waals surface area contributed by atoms with E-state index in [1.54, 1.807) is 25.4 Å². The average Bonchev–Trinajstić information content (AvgIpc) is 2.29. The normalized spacial score (nSPS) is 11.5. The molecule has 0 aliphatic rings. The van der Waals surface area contributed by atoms with E-state index in [1.165, 1.54) is 18.4 Å². The van der Waals surface area contributed by atoms with Crippen molar-refractivity contribution >= 4 is 15.8 Å². The van der Waals surface area contributed by atoms with E-state index in [0.717, 1.165) is 0 Å². The van der Waals surface area contributed by atoms with Crippen LogP contribution in [-0.4, -0.2) is 51.2 Å². The summed E-state index contributed by atoms with van der Waals surface area (Å²) >= 11 is 0. The Kier molecular flexibility index (Phi) is 4.71. The van der Waals surface area contributed by atoms with Crippen LogP contribution in [0.5, 0.6) is 5.75 Å². The minimum absolute atomic E-state index is 0.0354. The predicted molar refractivity (Wildman–Crippen MR) is 66.8 cm³/mol. The molecular formula is C10H17N3O3S. The standard InChI is InChI=1S/C10H17N3O3S/c1-13(2)17(14,15)7-6-11-10-5-4-9(16-3)8-12-10/h4-5,8H,6-7H2,1-3H3,(H,11,12). The molecule has 6 nitrogen and oxygen atoms in total. The first-order valence-corrected chi connectivity index (χ1v) is 6.71. The van der Waals surface area contributed by atoms with Gasteiger partial charge in [0.05, 0.1) is 19.1 Å². The Labute approximate surface area is 102 Å². The van der Waals surface area contributed by atoms with Gasteiger partial charge < -0.3 is 10.1 Å². The number of hydrogen-bond acceptors (Lipinski definition) is 5. The fourth-order valence-corrected chi connectivity index (χ4v) is 1.82. The summed E-state index contributed by atoms with van der Waals surface area (Å²) in [5, 5.41) is 2.93. The Bertz CT molecular complexity index is 442. The Morgan fingerprint density at radius 2 is 2.12 bits per heavy atom. The zero-order valence-electron chi connectivity index (χ0n) is 10.2. The van der Waals surface area contributed by atoms with Crippen molar-refractivity contribution in [1.29, 1.82) is 0 Å². The summed E-state index contributed by atoms with van der Waals surface area (Å²) in [5.74, 6) is 1.32. The molecule has 0 spiro atoms. The summed E-state index contributed by atoms with van der Waals surface area (Å²) in [6.45, 7) is 0.319. The van der Waals surface area contributed by atoms with Crippen LogP contribution in [0.25, 0.3) is 0 Å². The van der Waals surface area contributed by atoms with E-state index < -0.39 is 10.0 Å². The highest BCUT2D eigenvalue weighted by molar-refractivity contribution is 7.89. The summed E-state index contributed by atoms with van der Waals surface area (Å²) in [7, 11) is 1.43. The van der Waals surface area contributed by atoms with Crippen molar-refractivity contribution in [2.75, 3.05) is 38.8 Å². The topological polar surface area (TPSA) is 71.5 Å². The highest BCUT2D eigenvalue weighted by Crippen LogP contribution is 2.10. The summed E-state index contributed by atoms with van der Waals surface area (Å²) < 4.78 is 29.1. The second kappa shape index (κ2) is 5.83. The van der Waals surface area contributed by atoms with Crippen LogP contribution in [0.3, 0.4) is 0 Å². The second-order valence-electron chi connectivity index (χ2n) is 3.61. The molecule has 7 heteroatoms. The molecule has 1 aromatic rings. The molecule has 0 saturated carbocycles. The van der Waals surface area contributed by atoms with Crippen LogP contribution >= 0.6 is 0 Å². The van der Waals surface area contributed by atoms with Crippen molar-refractivity contribution < 1.29 is 13.2 Å². The van der Waals surface area contributed by atoms with Gasteiger partial charge in [-0.3, -0.25) is 0 Å². The van der Waals surface area contributed by atoms with Crippen molar-refractivity contribution in [3.8, 4) is 5.75 Å². The number of pyridine rings is 1. The number of hydrogen-bond donors (Lipinski definition) is 1. The first-order chi connectivity index (χ1) is 7.95. The number of sulfonamides is 1. The van der Waals surface area contributed by atoms with Crippen LogP contribution in [-0.2, 0) is 10.0 Å². The van der Waals surface area contributed by atoms with Gasteiger partial charge in [-0.1, -0.05) is 0 Å². The van der Waals surface area contributed by atoms with Crippen LogP contribution in [0, 0.1) is 0 Å². The molecule has 0 unspecified atom stereocenters. The molecule has 17 heavy (non-hydrogen) atoms. The molecule has 0 aromatic carbocycles. The minimum atomic E-state index is -3.16. The van der Waals surface area contributed by atoms with Gasteiger partial charge in [0.2, 0.25) is 10.0 Å². The van der Waals surface area contributed by atoms with Gasteiger partial charge in [0.15, 0.2) is 0 Å². The molecule has 0 bridgehead atoms. The van der Waals surface area contributed by atoms with Gasteiger partial charge in [0.25, 0.3) is 0 Å². The van der Waals surface area contributed by atoms with Crippen LogP contribution in [0.4, 0.5) is 5.82 Å². The lowest BCUT2D eigenvalue weighted by Crippen LogP contribution is -2.28. The Morgan fingerprint density at radius 1 is 1.41 bits per heavy atom. The Hall–Kier alpha value is -1.34. The quantitative estimate of drug-likeness (QED) is 0.800. The lowest BCUT2D eigenvalue weighted by atomic mass is 10.4. The molecule has 0 atom stereocenters. The van der Waals surface area contributed by atoms with Crippen molar-refractivity contribution in [1.82, 2.24) is 9.29 Å². The molecule has 1 N–H and O–H groups in total. The van der Waals surface area contributed by atoms with Crippen LogP contribution in [0.1, 0.15) is 0 Å². The number of ether oxygens (including phenoxy) is 1. The first kappa shape index (κ1) is 13.7. The van der Waals surface area contributed by atoms with Gasteiger partial charge in [0.1, 0.15) is 11.6 Å². The van der Waals surface area contributed by atoms with Crippen LogP contribution in [0.2, 0.25) is 0 Å². The number of rotatable bonds is 6. The average molecular weight is 259 g/mol. The number of nitrogens with zero attached hydrogens (tertiary/aromatic N) is 2. The van der Waals surface area contributed by atoms with Gasteiger partial charge in [-0.2, -0.15) is 0 Å². The van der Waals surface area contributed by atoms with Crippen molar-refractivity contribution in [2.24, 2.45) is 0 Å². The third-order valence-electron chi connectivity index (χ3n) is 2.19. The molecule has 0 fully saturated rings. The van der Waals surface area contributed by atoms with E-state index >= 15 is 0 Å². The summed E-state index contributed by atoms with van der Waals surface area (Å²) in [4.78, 5) is 4.07. The zero-order chi connectivity index (χ0) is 12.9. The van der Waals surface area contributed by atoms with Crippen LogP contribution in [0.15, 0.2) is 18.3 Å². The van der Waals surface area contributed by atoms with Crippen molar-refractivity contribution in [2.45, 2.75) is 0 Å². The monoisotopic (exact) mass is 259 g/mol. The maximum absolute atomic E-state index is 11.5. The summed E-state index contributed by atoms with van der Waals surface area (Å²) in [5.41, 5.74) is 0. The van der Waals surface area contributed by atoms with Crippen molar-refractivity contribution in [3.05, 3.63) is 18.3 Å². The molecule has 96 valence electrons. The molecule has 0 saturated heterocycles. The van der Waals surface area contributed by atoms with Gasteiger partial charge >= 0.3 is 0 Å². The molecule has 1 heterocycles. The van der Waals surface area contributed by atoms with Crippen LogP contribution < -0.4 is 10.1 Å². The van der Waals surface area contributed by atoms with E-state index in [4.69, 9.17) is 4.74 Å². The third kappa shape index (κ3) is 4.20. The summed E-state index contributed by atoms with van der Waals surface area (Å²) in [6, 6.07) is 3.50. The fraction of sp³-hybridized carbons (Fsp3) is 0.500. The molecule has 0 aliphatic carbocycles. The maximum Gasteiger partial charge on any atom is 0.215 e. The second-order valence-corrected chi connectivity index (χ2v) is 5.91. The van der Waals surface area contributed by atoms with E-state index in [9.17, 15) is 8.42 Å². The maximum atomic E-state index is 11.5. The Balaban J connectivity index is 2.46. The van der Waals surface area contributed by atoms with E-state index in [2.05, 4.69) is 10.3 Å². The van der Waals surface area contributed by atoms with E-state index in [-0.39, 0.29) is 5.75 Å². The van der Waals surface area contributed by atoms with Gasteiger partial charge in [0, 0.05) is 20.6 Å². The largest absolute Gasteiger partial charge is 0.495 e. The minimum Gasteiger partial charge on any atom is -0.495 e. The molecule has 1 rings (SSSR count). The lowest BCUT2D eigenvalue weighted by Gasteiger charge is -2.11. The fourth-order valence-electron chi connectivity index (χ4n) is 1.10. The molecule has 0 amide bonds.